The van der Waals surface area contributed by atoms with E-state index in [9.17, 15) is 72.5 Å². The highest BCUT2D eigenvalue weighted by molar-refractivity contribution is 8.48. The Bertz CT molecular complexity index is 3740. The Morgan fingerprint density at radius 2 is 1.02 bits per heavy atom. The lowest BCUT2D eigenvalue weighted by molar-refractivity contribution is -0.201. The van der Waals surface area contributed by atoms with E-state index in [0.29, 0.717) is 36.5 Å². The number of methoxy groups -OCH3 is 2. The van der Waals surface area contributed by atoms with Crippen LogP contribution in [-0.4, -0.2) is 213 Å². The van der Waals surface area contributed by atoms with E-state index < -0.39 is 128 Å². The number of benzene rings is 1. The number of carbonyl (C=O) groups excluding carboxylic acids is 11. The van der Waals surface area contributed by atoms with Crippen LogP contribution in [0.5, 0.6) is 0 Å². The van der Waals surface area contributed by atoms with E-state index in [2.05, 4.69) is 60.4 Å². The van der Waals surface area contributed by atoms with Crippen molar-refractivity contribution in [2.45, 2.75) is 327 Å². The van der Waals surface area contributed by atoms with Crippen LogP contribution in [0.15, 0.2) is 44.2 Å². The van der Waals surface area contributed by atoms with E-state index in [1.807, 2.05) is 0 Å². The topological polar surface area (TPSA) is 442 Å². The van der Waals surface area contributed by atoms with Crippen LogP contribution in [0.1, 0.15) is 286 Å². The Morgan fingerprint density at radius 3 is 1.43 bits per heavy atom. The second-order valence-corrected chi connectivity index (χ2v) is 40.5. The number of ether oxygens (including phenoxy) is 4. The largest absolute Gasteiger partial charge is 0.481 e. The molecule has 1 fully saturated rings. The first-order chi connectivity index (χ1) is 57.7. The molecule has 122 heavy (non-hydrogen) atoms. The number of amidine groups is 1. The van der Waals surface area contributed by atoms with Crippen molar-refractivity contribution in [1.29, 1.82) is 0 Å². The van der Waals surface area contributed by atoms with Crippen molar-refractivity contribution in [1.82, 2.24) is 26.3 Å². The van der Waals surface area contributed by atoms with Gasteiger partial charge in [0.1, 0.15) is 33.8 Å². The molecule has 0 saturated carbocycles. The first-order valence-corrected chi connectivity index (χ1v) is 46.8. The SMILES string of the molecule is CCCCCCCCCCCCSC(=S)SC(C)(CC(CC(CC(C)(C)OC=O)C(=O)NC(C)C)C(=O)NC1=NC(O)C2N=C(CNc3ccc(C(=O)NC(CCC(=O)O)C(=O)O)cc3)C=NC2=N1)C(=O)OC.CCCCCCCCCCCCSC(=S)SC(C)(CC(CC(CC(C)(C)OC=O)C(=O)NC(C)C)C(=O)ON1C(=O)CCC1=O)C(=O)OC. The molecule has 4 rings (SSSR count). The summed E-state index contributed by atoms with van der Waals surface area (Å²) in [7, 11) is 2.50. The molecule has 684 valence electrons. The minimum Gasteiger partial charge on any atom is -0.481 e. The van der Waals surface area contributed by atoms with Crippen LogP contribution in [0, 0.1) is 23.7 Å². The van der Waals surface area contributed by atoms with Crippen LogP contribution in [-0.2, 0) is 81.3 Å². The molecule has 6 amide bonds. The summed E-state index contributed by atoms with van der Waals surface area (Å²) < 4.78 is 19.3. The number of carboxylic acids is 2. The molecule has 0 spiro atoms. The first kappa shape index (κ1) is 109. The number of fused-ring (bicyclic) bond motifs is 1. The van der Waals surface area contributed by atoms with Gasteiger partial charge in [-0.25, -0.2) is 19.6 Å². The van der Waals surface area contributed by atoms with E-state index in [0.717, 1.165) is 67.1 Å². The normalized spacial score (nSPS) is 16.7. The summed E-state index contributed by atoms with van der Waals surface area (Å²) in [6, 6.07) is 3.18. The number of aliphatic hydroxyl groups is 1. The zero-order chi connectivity index (χ0) is 91.2. The van der Waals surface area contributed by atoms with Gasteiger partial charge in [0.25, 0.3) is 30.7 Å². The zero-order valence-electron chi connectivity index (χ0n) is 73.4. The van der Waals surface area contributed by atoms with E-state index in [1.165, 1.54) is 152 Å². The number of aliphatic carboxylic acids is 2. The van der Waals surface area contributed by atoms with Crippen LogP contribution in [0.25, 0.3) is 0 Å². The summed E-state index contributed by atoms with van der Waals surface area (Å²) in [4.78, 5) is 188. The quantitative estimate of drug-likeness (QED) is 0.00750. The van der Waals surface area contributed by atoms with Gasteiger partial charge in [0.05, 0.1) is 38.6 Å². The third kappa shape index (κ3) is 42.0. The van der Waals surface area contributed by atoms with E-state index in [4.69, 9.17) is 53.3 Å². The summed E-state index contributed by atoms with van der Waals surface area (Å²) in [5.41, 5.74) is -1.06. The Labute approximate surface area is 747 Å². The molecule has 0 radical (unpaired) electrons. The van der Waals surface area contributed by atoms with E-state index >= 15 is 0 Å². The molecule has 0 aliphatic carbocycles. The van der Waals surface area contributed by atoms with Crippen molar-refractivity contribution < 1.29 is 101 Å². The molecule has 9 atom stereocenters. The highest BCUT2D eigenvalue weighted by atomic mass is 32.2. The Morgan fingerprint density at radius 1 is 0.590 bits per heavy atom. The number of anilines is 1. The third-order valence-corrected chi connectivity index (χ3v) is 26.0. The van der Waals surface area contributed by atoms with Crippen LogP contribution in [0.2, 0.25) is 0 Å². The molecular weight excluding hydrogens is 1690 g/mol. The fourth-order valence-corrected chi connectivity index (χ4v) is 20.1. The molecule has 3 aliphatic rings. The summed E-state index contributed by atoms with van der Waals surface area (Å²) in [6.07, 6.45) is 22.7. The maximum absolute atomic E-state index is 14.6. The second kappa shape index (κ2) is 57.2. The summed E-state index contributed by atoms with van der Waals surface area (Å²) in [5, 5.41) is 43.9. The van der Waals surface area contributed by atoms with Crippen LogP contribution >= 0.6 is 71.5 Å². The van der Waals surface area contributed by atoms with Gasteiger partial charge in [-0.15, -0.1) is 28.6 Å². The molecule has 0 aromatic heterocycles. The predicted molar refractivity (Wildman–Crippen MR) is 487 cm³/mol. The monoisotopic (exact) mass is 1820 g/mol. The number of carboxylic acid groups (broad SMARTS) is 2. The Hall–Kier alpha value is -7.45. The number of esters is 2. The van der Waals surface area contributed by atoms with Crippen LogP contribution < -0.4 is 26.6 Å². The number of thiocarbonyl (C=S) groups is 2. The number of rotatable bonds is 58. The number of thioether (sulfide) groups is 4. The highest BCUT2D eigenvalue weighted by Gasteiger charge is 2.47. The number of hydroxylamine groups is 2. The average Bonchev–Trinajstić information content (AvgIpc) is 0.913. The fraction of sp³-hybridized carbons (Fsp3) is 0.706. The summed E-state index contributed by atoms with van der Waals surface area (Å²) >= 11 is 16.6. The van der Waals surface area contributed by atoms with Gasteiger partial charge in [0, 0.05) is 60.4 Å². The maximum Gasteiger partial charge on any atom is 0.336 e. The second-order valence-electron chi connectivity index (χ2n) is 32.9. The number of unbranched alkanes of at least 4 members (excludes halogenated alkanes) is 18. The number of aliphatic imine (C=N–C) groups is 4. The Balaban J connectivity index is 0.000000683. The maximum atomic E-state index is 14.6. The summed E-state index contributed by atoms with van der Waals surface area (Å²) in [5.74, 6) is -10.8. The van der Waals surface area contributed by atoms with Gasteiger partial charge in [-0.2, -0.15) is 4.99 Å². The van der Waals surface area contributed by atoms with Gasteiger partial charge in [-0.3, -0.25) is 63.0 Å². The van der Waals surface area contributed by atoms with Crippen LogP contribution in [0.3, 0.4) is 0 Å². The lowest BCUT2D eigenvalue weighted by atomic mass is 9.81. The molecule has 37 heteroatoms. The van der Waals surface area contributed by atoms with Gasteiger partial charge in [0.2, 0.25) is 23.7 Å². The standard InChI is InChI=1S/C50H74N8O12S3.C35H58N2O9S3/c1-8-9-10-11-12-13-14-15-16-17-24-72-48(71)73-50(6,46(68)69-7)27-34(25-33(42(63)53-31(2)3)26-49(4,5)70-30-59)43(64)57-47-56-40-39(44(65)58-47)54-36(29-52-40)28-51-35-20-18-32(19-21-35)41(62)55-37(45(66)67)22-23-38(60)61;1-8-9-10-11-12-13-14-15-16-17-20-48-33(47)49-35(6,32(43)44-7)23-27(31(42)46-37-28(39)18-19-29(37)40)21-26(30(41)36-25(2)3)22-34(4,5)45-24-38/h18-21,29-31,33-34,37,39,44,51,65H,8-17,22-28H2,1-7H3,(H,53,63)(H,55,62)(H,60,61)(H,66,67)(H,57,58,64);24-27H,8-23H2,1-7H3,(H,36,41). The highest BCUT2D eigenvalue weighted by Crippen LogP contribution is 2.43. The molecule has 1 aromatic carbocycles. The van der Waals surface area contributed by atoms with Gasteiger partial charge < -0.3 is 60.4 Å². The fourth-order valence-electron chi connectivity index (χ4n) is 13.8. The predicted octanol–water partition coefficient (Wildman–Crippen LogP) is 13.8. The number of guanidine groups is 1. The van der Waals surface area contributed by atoms with Gasteiger partial charge in [-0.05, 0) is 163 Å². The number of carbonyl (C=O) groups is 13. The molecular formula is C85H132N10O21S6. The van der Waals surface area contributed by atoms with Crippen molar-refractivity contribution in [3.8, 4) is 0 Å². The molecule has 0 bridgehead atoms. The molecule has 31 nitrogen and oxygen atoms in total. The molecule has 3 aliphatic heterocycles. The number of hydrogen-bond acceptors (Lipinski definition) is 30. The lowest BCUT2D eigenvalue weighted by Gasteiger charge is -2.33. The number of nitrogens with one attached hydrogen (secondary N) is 5. The van der Waals surface area contributed by atoms with Crippen molar-refractivity contribution in [2.75, 3.05) is 37.6 Å². The smallest absolute Gasteiger partial charge is 0.336 e. The lowest BCUT2D eigenvalue weighted by Crippen LogP contribution is -2.47. The molecule has 1 aromatic rings. The number of amides is 6. The molecule has 1 saturated heterocycles. The number of nitrogens with zero attached hydrogens (tertiary/aromatic N) is 5. The zero-order valence-corrected chi connectivity index (χ0v) is 78.3. The average molecular weight is 1820 g/mol. The third-order valence-electron chi connectivity index (χ3n) is 20.2. The number of imide groups is 1. The van der Waals surface area contributed by atoms with Crippen molar-refractivity contribution >= 4 is 186 Å². The van der Waals surface area contributed by atoms with E-state index in [1.54, 1.807) is 81.4 Å². The molecule has 8 N–H and O–H groups in total. The summed E-state index contributed by atoms with van der Waals surface area (Å²) in [6.45, 7) is 22.2. The van der Waals surface area contributed by atoms with Gasteiger partial charge >= 0.3 is 29.8 Å². The minimum atomic E-state index is -1.52. The molecule has 9 unspecified atom stereocenters. The van der Waals surface area contributed by atoms with Gasteiger partial charge in [-0.1, -0.05) is 177 Å². The van der Waals surface area contributed by atoms with Crippen molar-refractivity contribution in [3.05, 3.63) is 29.8 Å². The van der Waals surface area contributed by atoms with Crippen molar-refractivity contribution in [3.63, 3.8) is 0 Å². The van der Waals surface area contributed by atoms with Gasteiger partial charge in [0.15, 0.2) is 18.1 Å². The molecule has 3 heterocycles. The number of aliphatic hydroxyl groups excluding tert-OH is 1. The number of hydrogen-bond donors (Lipinski definition) is 8. The first-order valence-electron chi connectivity index (χ1n) is 42.3. The van der Waals surface area contributed by atoms with E-state index in [-0.39, 0.29) is 99.7 Å². The van der Waals surface area contributed by atoms with Crippen LogP contribution in [0.4, 0.5) is 5.69 Å². The minimum absolute atomic E-state index is 0.0336. The van der Waals surface area contributed by atoms with Crippen molar-refractivity contribution in [2.24, 2.45) is 43.6 Å². The Kier molecular flexibility index (Phi) is 51.0.